The number of ether oxygens (including phenoxy) is 1. The summed E-state index contributed by atoms with van der Waals surface area (Å²) in [7, 11) is 0. The third-order valence-electron chi connectivity index (χ3n) is 3.96. The van der Waals surface area contributed by atoms with E-state index in [9.17, 15) is 9.59 Å². The molecular weight excluding hydrogens is 342 g/mol. The van der Waals surface area contributed by atoms with Gasteiger partial charge in [0.25, 0.3) is 5.91 Å². The van der Waals surface area contributed by atoms with E-state index in [-0.39, 0.29) is 17.9 Å². The zero-order chi connectivity index (χ0) is 18.4. The van der Waals surface area contributed by atoms with Crippen LogP contribution in [0, 0.1) is 0 Å². The molecule has 0 saturated carbocycles. The van der Waals surface area contributed by atoms with Crippen LogP contribution in [0.4, 0.5) is 0 Å². The monoisotopic (exact) mass is 367 g/mol. The van der Waals surface area contributed by atoms with Crippen molar-refractivity contribution in [2.45, 2.75) is 32.9 Å². The Hall–Kier alpha value is -1.79. The van der Waals surface area contributed by atoms with E-state index in [4.69, 9.17) is 16.3 Å². The van der Waals surface area contributed by atoms with Crippen molar-refractivity contribution in [1.82, 2.24) is 15.1 Å². The van der Waals surface area contributed by atoms with E-state index in [1.807, 2.05) is 13.8 Å². The number of halogens is 1. The zero-order valence-corrected chi connectivity index (χ0v) is 15.8. The summed E-state index contributed by atoms with van der Waals surface area (Å²) in [6, 6.07) is 7.16. The predicted octanol–water partition coefficient (Wildman–Crippen LogP) is 1.78. The van der Waals surface area contributed by atoms with E-state index in [2.05, 4.69) is 10.2 Å². The predicted molar refractivity (Wildman–Crippen MR) is 97.8 cm³/mol. The number of hydrogen-bond donors (Lipinski definition) is 1. The lowest BCUT2D eigenvalue weighted by Gasteiger charge is -2.35. The highest BCUT2D eigenvalue weighted by Crippen LogP contribution is 2.19. The molecule has 0 aliphatic carbocycles. The lowest BCUT2D eigenvalue weighted by atomic mass is 10.2. The van der Waals surface area contributed by atoms with E-state index >= 15 is 0 Å². The van der Waals surface area contributed by atoms with Crippen LogP contribution in [0.2, 0.25) is 5.02 Å². The van der Waals surface area contributed by atoms with E-state index in [1.54, 1.807) is 36.1 Å². The molecule has 1 unspecified atom stereocenters. The van der Waals surface area contributed by atoms with Crippen molar-refractivity contribution in [3.63, 3.8) is 0 Å². The fourth-order valence-electron chi connectivity index (χ4n) is 2.75. The molecule has 0 bridgehead atoms. The molecule has 25 heavy (non-hydrogen) atoms. The second-order valence-electron chi connectivity index (χ2n) is 6.54. The van der Waals surface area contributed by atoms with Crippen LogP contribution < -0.4 is 10.1 Å². The molecule has 1 aromatic rings. The van der Waals surface area contributed by atoms with E-state index < -0.39 is 6.10 Å². The van der Waals surface area contributed by atoms with Gasteiger partial charge in [-0.2, -0.15) is 0 Å². The van der Waals surface area contributed by atoms with Crippen LogP contribution in [0.3, 0.4) is 0 Å². The quantitative estimate of drug-likeness (QED) is 0.832. The summed E-state index contributed by atoms with van der Waals surface area (Å²) in [5.41, 5.74) is 0. The summed E-state index contributed by atoms with van der Waals surface area (Å²) in [6.45, 7) is 8.54. The van der Waals surface area contributed by atoms with Gasteiger partial charge in [0, 0.05) is 37.2 Å². The zero-order valence-electron chi connectivity index (χ0n) is 15.0. The first-order valence-electron chi connectivity index (χ1n) is 8.58. The minimum Gasteiger partial charge on any atom is -0.481 e. The van der Waals surface area contributed by atoms with Gasteiger partial charge < -0.3 is 15.0 Å². The minimum absolute atomic E-state index is 0.0208. The minimum atomic E-state index is -0.575. The second-order valence-corrected chi connectivity index (χ2v) is 6.98. The number of nitrogens with one attached hydrogen (secondary N) is 1. The van der Waals surface area contributed by atoms with Gasteiger partial charge in [-0.25, -0.2) is 0 Å². The first-order valence-corrected chi connectivity index (χ1v) is 8.95. The number of carbonyl (C=O) groups excluding carboxylic acids is 2. The highest BCUT2D eigenvalue weighted by molar-refractivity contribution is 6.30. The molecule has 7 heteroatoms. The van der Waals surface area contributed by atoms with Crippen molar-refractivity contribution in [2.24, 2.45) is 0 Å². The summed E-state index contributed by atoms with van der Waals surface area (Å²) in [5.74, 6) is 0.552. The summed E-state index contributed by atoms with van der Waals surface area (Å²) >= 11 is 5.93. The Bertz CT molecular complexity index is 601. The molecule has 1 saturated heterocycles. The van der Waals surface area contributed by atoms with Gasteiger partial charge in [0.15, 0.2) is 6.10 Å². The number of benzene rings is 1. The maximum absolute atomic E-state index is 12.5. The van der Waals surface area contributed by atoms with Crippen molar-refractivity contribution < 1.29 is 14.3 Å². The average molecular weight is 368 g/mol. The van der Waals surface area contributed by atoms with E-state index in [0.717, 1.165) is 0 Å². The lowest BCUT2D eigenvalue weighted by molar-refractivity contribution is -0.139. The van der Waals surface area contributed by atoms with Gasteiger partial charge in [0.1, 0.15) is 5.75 Å². The van der Waals surface area contributed by atoms with Gasteiger partial charge in [0.05, 0.1) is 6.54 Å². The number of piperazine rings is 1. The fraction of sp³-hybridized carbons (Fsp3) is 0.556. The number of amides is 2. The van der Waals surface area contributed by atoms with E-state index in [1.165, 1.54) is 0 Å². The molecule has 1 heterocycles. The van der Waals surface area contributed by atoms with Gasteiger partial charge in [0.2, 0.25) is 5.91 Å². The molecule has 1 atom stereocenters. The molecule has 0 spiro atoms. The molecule has 0 aromatic heterocycles. The topological polar surface area (TPSA) is 61.9 Å². The molecule has 1 aliphatic heterocycles. The molecule has 138 valence electrons. The van der Waals surface area contributed by atoms with Crippen LogP contribution in [-0.2, 0) is 9.59 Å². The van der Waals surface area contributed by atoms with Crippen molar-refractivity contribution >= 4 is 23.4 Å². The Balaban J connectivity index is 1.79. The maximum atomic E-state index is 12.5. The normalized spacial score (nSPS) is 16.6. The standard InChI is InChI=1S/C18H26ClN3O3/c1-13(2)20-17(23)12-21-7-9-22(10-8-21)18(24)14(3)25-16-6-4-5-15(19)11-16/h4-6,11,13-14H,7-10,12H2,1-3H3,(H,20,23). The Morgan fingerprint density at radius 1 is 1.20 bits per heavy atom. The third-order valence-corrected chi connectivity index (χ3v) is 4.19. The highest BCUT2D eigenvalue weighted by atomic mass is 35.5. The third kappa shape index (κ3) is 6.21. The number of hydrogen-bond acceptors (Lipinski definition) is 4. The Labute approximate surface area is 154 Å². The molecular formula is C18H26ClN3O3. The average Bonchev–Trinajstić information content (AvgIpc) is 2.54. The number of nitrogens with zero attached hydrogens (tertiary/aromatic N) is 2. The molecule has 1 aliphatic rings. The molecule has 1 aromatic carbocycles. The van der Waals surface area contributed by atoms with Crippen LogP contribution in [0.5, 0.6) is 5.75 Å². The molecule has 1 N–H and O–H groups in total. The summed E-state index contributed by atoms with van der Waals surface area (Å²) < 4.78 is 5.69. The molecule has 6 nitrogen and oxygen atoms in total. The number of rotatable bonds is 6. The van der Waals surface area contributed by atoms with Gasteiger partial charge in [-0.15, -0.1) is 0 Å². The van der Waals surface area contributed by atoms with E-state index in [0.29, 0.717) is 43.5 Å². The molecule has 2 rings (SSSR count). The lowest BCUT2D eigenvalue weighted by Crippen LogP contribution is -2.53. The van der Waals surface area contributed by atoms with Crippen LogP contribution in [-0.4, -0.2) is 66.5 Å². The smallest absolute Gasteiger partial charge is 0.263 e. The summed E-state index contributed by atoms with van der Waals surface area (Å²) in [4.78, 5) is 28.2. The molecule has 2 amide bonds. The van der Waals surface area contributed by atoms with Crippen LogP contribution >= 0.6 is 11.6 Å². The number of carbonyl (C=O) groups is 2. The van der Waals surface area contributed by atoms with Crippen LogP contribution in [0.15, 0.2) is 24.3 Å². The first kappa shape index (κ1) is 19.5. The molecule has 1 fully saturated rings. The van der Waals surface area contributed by atoms with Crippen molar-refractivity contribution in [1.29, 1.82) is 0 Å². The largest absolute Gasteiger partial charge is 0.481 e. The summed E-state index contributed by atoms with van der Waals surface area (Å²) in [6.07, 6.45) is -0.575. The summed E-state index contributed by atoms with van der Waals surface area (Å²) in [5, 5.41) is 3.46. The van der Waals surface area contributed by atoms with Crippen molar-refractivity contribution in [3.8, 4) is 5.75 Å². The Kier molecular flexibility index (Phi) is 7.08. The Morgan fingerprint density at radius 2 is 1.88 bits per heavy atom. The Morgan fingerprint density at radius 3 is 2.48 bits per heavy atom. The second kappa shape index (κ2) is 9.06. The van der Waals surface area contributed by atoms with Gasteiger partial charge >= 0.3 is 0 Å². The van der Waals surface area contributed by atoms with Gasteiger partial charge in [-0.05, 0) is 39.0 Å². The van der Waals surface area contributed by atoms with Crippen molar-refractivity contribution in [3.05, 3.63) is 29.3 Å². The highest BCUT2D eigenvalue weighted by Gasteiger charge is 2.26. The van der Waals surface area contributed by atoms with Crippen LogP contribution in [0.25, 0.3) is 0 Å². The fourth-order valence-corrected chi connectivity index (χ4v) is 2.93. The van der Waals surface area contributed by atoms with Crippen LogP contribution in [0.1, 0.15) is 20.8 Å². The first-order chi connectivity index (χ1) is 11.8. The molecule has 0 radical (unpaired) electrons. The maximum Gasteiger partial charge on any atom is 0.263 e. The van der Waals surface area contributed by atoms with Gasteiger partial charge in [-0.3, -0.25) is 14.5 Å². The van der Waals surface area contributed by atoms with Gasteiger partial charge in [-0.1, -0.05) is 17.7 Å². The SMILES string of the molecule is CC(C)NC(=O)CN1CCN(C(=O)C(C)Oc2cccc(Cl)c2)CC1. The van der Waals surface area contributed by atoms with Crippen molar-refractivity contribution in [2.75, 3.05) is 32.7 Å².